The molecule has 1 aliphatic carbocycles. The molecule has 1 heterocycles. The van der Waals surface area contributed by atoms with Crippen LogP contribution in [0.4, 0.5) is 5.69 Å². The van der Waals surface area contributed by atoms with Crippen molar-refractivity contribution in [2.45, 2.75) is 69.1 Å². The minimum atomic E-state index is 0.0895. The molecule has 1 fully saturated rings. The van der Waals surface area contributed by atoms with Crippen molar-refractivity contribution in [1.82, 2.24) is 0 Å². The van der Waals surface area contributed by atoms with E-state index in [1.54, 1.807) is 0 Å². The number of aryl methyl sites for hydroxylation is 2. The third-order valence-electron chi connectivity index (χ3n) is 8.29. The molecule has 4 atom stereocenters. The van der Waals surface area contributed by atoms with Crippen LogP contribution in [0.5, 0.6) is 0 Å². The number of nitriles is 1. The number of halogens is 1. The lowest BCUT2D eigenvalue weighted by Gasteiger charge is -2.43. The number of fused-ring (bicyclic) bond motifs is 1. The number of hydrogen-bond acceptors (Lipinski definition) is 3. The summed E-state index contributed by atoms with van der Waals surface area (Å²) in [4.78, 5) is 4.02. The molecule has 4 heteroatoms. The second-order valence-corrected chi connectivity index (χ2v) is 12.3. The topological polar surface area (TPSA) is 27.0 Å². The van der Waals surface area contributed by atoms with Gasteiger partial charge in [-0.05, 0) is 97.7 Å². The Bertz CT molecular complexity index is 1120. The van der Waals surface area contributed by atoms with Crippen LogP contribution in [0.2, 0.25) is 5.02 Å². The molecule has 0 aromatic heterocycles. The fraction of sp³-hybridized carbons (Fsp3) is 0.485. The number of rotatable bonds is 12. The molecule has 0 spiro atoms. The summed E-state index contributed by atoms with van der Waals surface area (Å²) in [6.45, 7) is 12.1. The third-order valence-corrected chi connectivity index (χ3v) is 9.55. The summed E-state index contributed by atoms with van der Waals surface area (Å²) in [7, 11) is 0. The molecule has 0 amide bonds. The Labute approximate surface area is 233 Å². The summed E-state index contributed by atoms with van der Waals surface area (Å²) in [5.41, 5.74) is 5.74. The van der Waals surface area contributed by atoms with Gasteiger partial charge in [0.15, 0.2) is 0 Å². The maximum Gasteiger partial charge on any atom is 0.0662 e. The van der Waals surface area contributed by atoms with Crippen molar-refractivity contribution in [3.8, 4) is 6.07 Å². The van der Waals surface area contributed by atoms with Gasteiger partial charge >= 0.3 is 0 Å². The number of benzene rings is 2. The molecule has 1 saturated carbocycles. The largest absolute Gasteiger partial charge is 0.370 e. The summed E-state index contributed by atoms with van der Waals surface area (Å²) >= 11 is 8.35. The number of hydrogen-bond donors (Lipinski definition) is 0. The van der Waals surface area contributed by atoms with Gasteiger partial charge in [-0.15, -0.1) is 24.9 Å². The van der Waals surface area contributed by atoms with Crippen LogP contribution in [0, 0.1) is 29.1 Å². The van der Waals surface area contributed by atoms with Crippen molar-refractivity contribution in [2.24, 2.45) is 17.8 Å². The van der Waals surface area contributed by atoms with Crippen molar-refractivity contribution in [3.05, 3.63) is 83.4 Å². The van der Waals surface area contributed by atoms with Crippen LogP contribution in [0.15, 0.2) is 66.6 Å². The van der Waals surface area contributed by atoms with Gasteiger partial charge in [0, 0.05) is 40.4 Å². The Hall–Kier alpha value is -2.15. The quantitative estimate of drug-likeness (QED) is 0.155. The molecular formula is C33H41ClN2S. The predicted molar refractivity (Wildman–Crippen MR) is 161 cm³/mol. The summed E-state index contributed by atoms with van der Waals surface area (Å²) < 4.78 is 0. The smallest absolute Gasteiger partial charge is 0.0662 e. The van der Waals surface area contributed by atoms with Gasteiger partial charge in [0.25, 0.3) is 0 Å². The van der Waals surface area contributed by atoms with Crippen LogP contribution in [0.3, 0.4) is 0 Å². The second kappa shape index (κ2) is 13.6. The van der Waals surface area contributed by atoms with Gasteiger partial charge in [0.2, 0.25) is 0 Å². The first-order valence-electron chi connectivity index (χ1n) is 14.0. The number of nitrogens with zero attached hydrogens (tertiary/aromatic N) is 2. The lowest BCUT2D eigenvalue weighted by molar-refractivity contribution is 0.135. The van der Waals surface area contributed by atoms with Gasteiger partial charge in [-0.2, -0.15) is 5.26 Å². The normalized spacial score (nSPS) is 21.8. The molecule has 0 N–H and O–H groups in total. The van der Waals surface area contributed by atoms with E-state index in [1.165, 1.54) is 33.7 Å². The van der Waals surface area contributed by atoms with Crippen LogP contribution in [-0.2, 0) is 12.8 Å². The van der Waals surface area contributed by atoms with Crippen LogP contribution < -0.4 is 4.90 Å². The molecule has 0 bridgehead atoms. The zero-order valence-corrected chi connectivity index (χ0v) is 23.9. The Morgan fingerprint density at radius 1 is 1.16 bits per heavy atom. The minimum Gasteiger partial charge on any atom is -0.370 e. The zero-order chi connectivity index (χ0) is 26.2. The highest BCUT2D eigenvalue weighted by Gasteiger charge is 2.38. The SMILES string of the molecule is C=CCCSc1ccc2c(c1)N(CC1CCC1C(C#N)CC=C)CC(c1ccc(Cl)cc1CCC)CC2. The summed E-state index contributed by atoms with van der Waals surface area (Å²) in [6.07, 6.45) is 12.5. The van der Waals surface area contributed by atoms with E-state index in [2.05, 4.69) is 67.4 Å². The molecule has 4 rings (SSSR count). The third kappa shape index (κ3) is 6.84. The molecule has 196 valence electrons. The molecular weight excluding hydrogens is 492 g/mol. The van der Waals surface area contributed by atoms with Gasteiger partial charge < -0.3 is 4.90 Å². The molecule has 37 heavy (non-hydrogen) atoms. The maximum absolute atomic E-state index is 9.82. The maximum atomic E-state index is 9.82. The van der Waals surface area contributed by atoms with E-state index >= 15 is 0 Å². The fourth-order valence-corrected chi connectivity index (χ4v) is 7.28. The van der Waals surface area contributed by atoms with Crippen molar-refractivity contribution in [1.29, 1.82) is 5.26 Å². The molecule has 0 saturated heterocycles. The highest BCUT2D eigenvalue weighted by molar-refractivity contribution is 7.99. The molecule has 1 aliphatic heterocycles. The summed E-state index contributed by atoms with van der Waals surface area (Å²) in [5, 5.41) is 10.7. The standard InChI is InChI=1S/C33H41ClN2S/c1-4-7-18-37-30-15-12-24-10-11-27(31-17-14-29(34)19-25(31)8-5-2)22-36(33(24)20-30)23-28-13-16-32(28)26(21-35)9-6-3/h4,6,12,14-15,17,19-20,26-28,32H,1,3,5,7-11,13,16,18,22-23H2,2H3. The van der Waals surface area contributed by atoms with E-state index in [0.29, 0.717) is 17.8 Å². The van der Waals surface area contributed by atoms with E-state index in [0.717, 1.165) is 68.8 Å². The Morgan fingerprint density at radius 2 is 2.03 bits per heavy atom. The van der Waals surface area contributed by atoms with E-state index in [9.17, 15) is 5.26 Å². The first kappa shape index (κ1) is 27.9. The molecule has 2 nitrogen and oxygen atoms in total. The van der Waals surface area contributed by atoms with E-state index in [1.807, 2.05) is 23.9 Å². The summed E-state index contributed by atoms with van der Waals surface area (Å²) in [5.74, 6) is 2.66. The van der Waals surface area contributed by atoms with E-state index in [4.69, 9.17) is 11.6 Å². The first-order chi connectivity index (χ1) is 18.1. The number of allylic oxidation sites excluding steroid dienone is 2. The summed E-state index contributed by atoms with van der Waals surface area (Å²) in [6, 6.07) is 16.2. The van der Waals surface area contributed by atoms with E-state index < -0.39 is 0 Å². The van der Waals surface area contributed by atoms with Crippen LogP contribution in [0.1, 0.15) is 68.1 Å². The minimum absolute atomic E-state index is 0.0895. The highest BCUT2D eigenvalue weighted by Crippen LogP contribution is 2.44. The van der Waals surface area contributed by atoms with Crippen LogP contribution >= 0.6 is 23.4 Å². The fourth-order valence-electron chi connectivity index (χ4n) is 6.21. The lowest BCUT2D eigenvalue weighted by Crippen LogP contribution is -2.42. The molecule has 2 aromatic carbocycles. The van der Waals surface area contributed by atoms with Gasteiger partial charge in [0.1, 0.15) is 0 Å². The van der Waals surface area contributed by atoms with E-state index in [-0.39, 0.29) is 5.92 Å². The number of anilines is 1. The molecule has 0 radical (unpaired) electrons. The van der Waals surface area contributed by atoms with Crippen molar-refractivity contribution < 1.29 is 0 Å². The van der Waals surface area contributed by atoms with Crippen LogP contribution in [0.25, 0.3) is 0 Å². The number of thioether (sulfide) groups is 1. The Kier molecular flexibility index (Phi) is 10.2. The van der Waals surface area contributed by atoms with Crippen molar-refractivity contribution >= 4 is 29.1 Å². The molecule has 4 unspecified atom stereocenters. The Morgan fingerprint density at radius 3 is 2.73 bits per heavy atom. The monoisotopic (exact) mass is 532 g/mol. The average Bonchev–Trinajstić information content (AvgIpc) is 3.06. The second-order valence-electron chi connectivity index (χ2n) is 10.7. The van der Waals surface area contributed by atoms with Gasteiger partial charge in [-0.3, -0.25) is 0 Å². The Balaban J connectivity index is 1.64. The molecule has 2 aromatic rings. The predicted octanol–water partition coefficient (Wildman–Crippen LogP) is 9.24. The van der Waals surface area contributed by atoms with Crippen molar-refractivity contribution in [3.63, 3.8) is 0 Å². The van der Waals surface area contributed by atoms with Crippen LogP contribution in [-0.4, -0.2) is 18.8 Å². The highest BCUT2D eigenvalue weighted by atomic mass is 35.5. The van der Waals surface area contributed by atoms with Gasteiger partial charge in [-0.25, -0.2) is 0 Å². The zero-order valence-electron chi connectivity index (χ0n) is 22.3. The average molecular weight is 533 g/mol. The first-order valence-corrected chi connectivity index (χ1v) is 15.3. The molecule has 2 aliphatic rings. The lowest BCUT2D eigenvalue weighted by atomic mass is 9.66. The van der Waals surface area contributed by atoms with Gasteiger partial charge in [-0.1, -0.05) is 49.2 Å². The van der Waals surface area contributed by atoms with Gasteiger partial charge in [0.05, 0.1) is 12.0 Å². The van der Waals surface area contributed by atoms with Crippen molar-refractivity contribution in [2.75, 3.05) is 23.7 Å².